The molecule has 11 nitrogen and oxygen atoms in total. The Hall–Kier alpha value is -5.32. The van der Waals surface area contributed by atoms with Gasteiger partial charge < -0.3 is 9.47 Å². The van der Waals surface area contributed by atoms with Crippen LogP contribution >= 0.6 is 0 Å². The second-order valence-electron chi connectivity index (χ2n) is 11.4. The van der Waals surface area contributed by atoms with Gasteiger partial charge in [-0.3, -0.25) is 9.48 Å². The number of ether oxygens (including phenoxy) is 2. The van der Waals surface area contributed by atoms with Crippen LogP contribution in [0.5, 0.6) is 5.75 Å². The van der Waals surface area contributed by atoms with Crippen molar-refractivity contribution < 1.29 is 19.1 Å². The molecule has 2 atom stereocenters. The van der Waals surface area contributed by atoms with E-state index in [9.17, 15) is 14.4 Å². The van der Waals surface area contributed by atoms with Gasteiger partial charge in [0.1, 0.15) is 5.75 Å². The van der Waals surface area contributed by atoms with Crippen molar-refractivity contribution in [1.29, 1.82) is 0 Å². The quantitative estimate of drug-likeness (QED) is 0.155. The molecule has 1 aliphatic heterocycles. The van der Waals surface area contributed by atoms with Gasteiger partial charge in [-0.25, -0.2) is 14.3 Å². The van der Waals surface area contributed by atoms with Crippen LogP contribution in [0.2, 0.25) is 0 Å². The lowest BCUT2D eigenvalue weighted by Crippen LogP contribution is -2.39. The maximum Gasteiger partial charge on any atom is 0.338 e. The summed E-state index contributed by atoms with van der Waals surface area (Å²) < 4.78 is 14.4. The summed E-state index contributed by atoms with van der Waals surface area (Å²) in [7, 11) is 0. The molecule has 0 saturated heterocycles. The normalized spacial score (nSPS) is 15.7. The zero-order valence-electron chi connectivity index (χ0n) is 26.1. The Morgan fingerprint density at radius 3 is 2.46 bits per heavy atom. The van der Waals surface area contributed by atoms with Gasteiger partial charge in [-0.1, -0.05) is 67.9 Å². The zero-order valence-corrected chi connectivity index (χ0v) is 26.1. The molecule has 0 spiro atoms. The van der Waals surface area contributed by atoms with Crippen molar-refractivity contribution in [3.05, 3.63) is 106 Å². The SMILES string of the molecule is CCCc1c(Cc2ccc(-c3ccccc3-c3nn[nH]n3)cc2)c(=O)n2n1C(C)CCC2C(=O)Oc1cccc(C(=O)OCC)c1. The molecule has 6 rings (SSSR count). The van der Waals surface area contributed by atoms with Crippen molar-refractivity contribution in [2.75, 3.05) is 6.61 Å². The number of carbonyl (C=O) groups excluding carboxylic acids is 2. The van der Waals surface area contributed by atoms with Crippen molar-refractivity contribution in [2.45, 2.75) is 65.0 Å². The fourth-order valence-corrected chi connectivity index (χ4v) is 6.24. The number of benzene rings is 3. The summed E-state index contributed by atoms with van der Waals surface area (Å²) in [5, 5.41) is 14.5. The van der Waals surface area contributed by atoms with Crippen molar-refractivity contribution in [3.8, 4) is 28.3 Å². The minimum atomic E-state index is -0.789. The van der Waals surface area contributed by atoms with Crippen molar-refractivity contribution in [2.24, 2.45) is 0 Å². The van der Waals surface area contributed by atoms with Crippen molar-refractivity contribution in [1.82, 2.24) is 30.0 Å². The summed E-state index contributed by atoms with van der Waals surface area (Å²) in [4.78, 5) is 40.0. The van der Waals surface area contributed by atoms with Gasteiger partial charge in [-0.05, 0) is 73.2 Å². The number of tetrazole rings is 1. The fraction of sp³-hybridized carbons (Fsp3) is 0.314. The third kappa shape index (κ3) is 6.00. The van der Waals surface area contributed by atoms with E-state index in [0.29, 0.717) is 36.2 Å². The topological polar surface area (TPSA) is 134 Å². The molecule has 11 heteroatoms. The van der Waals surface area contributed by atoms with Gasteiger partial charge in [-0.15, -0.1) is 10.2 Å². The first-order valence-electron chi connectivity index (χ1n) is 15.6. The van der Waals surface area contributed by atoms with Gasteiger partial charge in [0.15, 0.2) is 6.04 Å². The van der Waals surface area contributed by atoms with Gasteiger partial charge in [0.05, 0.1) is 12.2 Å². The summed E-state index contributed by atoms with van der Waals surface area (Å²) in [6.07, 6.45) is 3.19. The highest BCUT2D eigenvalue weighted by Gasteiger charge is 2.36. The molecular weight excluding hydrogens is 584 g/mol. The highest BCUT2D eigenvalue weighted by atomic mass is 16.5. The van der Waals surface area contributed by atoms with Crippen LogP contribution in [0.3, 0.4) is 0 Å². The molecule has 0 amide bonds. The van der Waals surface area contributed by atoms with Crippen LogP contribution in [0, 0.1) is 0 Å². The number of fused-ring (bicyclic) bond motifs is 1. The van der Waals surface area contributed by atoms with E-state index in [1.165, 1.54) is 6.07 Å². The van der Waals surface area contributed by atoms with E-state index in [4.69, 9.17) is 9.47 Å². The van der Waals surface area contributed by atoms with Crippen LogP contribution in [0.25, 0.3) is 22.5 Å². The molecule has 1 N–H and O–H groups in total. The average molecular weight is 621 g/mol. The molecule has 3 aromatic carbocycles. The standard InChI is InChI=1S/C35H36N6O5/c1-4-9-30-29(20-23-15-17-24(18-16-23)27-12-6-7-13-28(27)32-36-38-39-37-32)33(42)41-31(19-14-22(3)40(30)41)35(44)46-26-11-8-10-25(21-26)34(43)45-5-2/h6-8,10-13,15-18,21-22,31H,4-5,9,14,19-20H2,1-3H3,(H,36,37,38,39). The highest BCUT2D eigenvalue weighted by molar-refractivity contribution is 5.90. The number of nitrogens with one attached hydrogen (secondary N) is 1. The van der Waals surface area contributed by atoms with Gasteiger partial charge in [0, 0.05) is 29.3 Å². The molecule has 2 aromatic heterocycles. The van der Waals surface area contributed by atoms with Crippen LogP contribution in [0.4, 0.5) is 0 Å². The zero-order chi connectivity index (χ0) is 32.2. The number of hydrogen-bond donors (Lipinski definition) is 1. The number of hydrogen-bond acceptors (Lipinski definition) is 8. The summed E-state index contributed by atoms with van der Waals surface area (Å²) in [5.41, 5.74) is 5.59. The van der Waals surface area contributed by atoms with Crippen LogP contribution < -0.4 is 10.3 Å². The lowest BCUT2D eigenvalue weighted by Gasteiger charge is -2.31. The Morgan fingerprint density at radius 1 is 0.957 bits per heavy atom. The number of H-pyrrole nitrogens is 1. The van der Waals surface area contributed by atoms with E-state index in [-0.39, 0.29) is 24.0 Å². The summed E-state index contributed by atoms with van der Waals surface area (Å²) >= 11 is 0. The summed E-state index contributed by atoms with van der Waals surface area (Å²) in [6.45, 7) is 6.14. The number of aromatic nitrogens is 6. The smallest absolute Gasteiger partial charge is 0.338 e. The Labute approximate surface area is 266 Å². The third-order valence-corrected chi connectivity index (χ3v) is 8.38. The third-order valence-electron chi connectivity index (χ3n) is 8.38. The Morgan fingerprint density at radius 2 is 1.74 bits per heavy atom. The Bertz CT molecular complexity index is 1910. The molecule has 2 unspecified atom stereocenters. The van der Waals surface area contributed by atoms with Gasteiger partial charge in [0.2, 0.25) is 5.82 Å². The maximum absolute atomic E-state index is 14.2. The monoisotopic (exact) mass is 620 g/mol. The predicted molar refractivity (Wildman–Crippen MR) is 172 cm³/mol. The van der Waals surface area contributed by atoms with E-state index in [1.54, 1.807) is 29.8 Å². The lowest BCUT2D eigenvalue weighted by molar-refractivity contribution is -0.140. The fourth-order valence-electron chi connectivity index (χ4n) is 6.24. The molecule has 3 heterocycles. The molecule has 46 heavy (non-hydrogen) atoms. The number of rotatable bonds is 10. The number of aromatic amines is 1. The summed E-state index contributed by atoms with van der Waals surface area (Å²) in [5.74, 6) is -0.274. The van der Waals surface area contributed by atoms with E-state index < -0.39 is 18.0 Å². The number of carbonyl (C=O) groups is 2. The predicted octanol–water partition coefficient (Wildman–Crippen LogP) is 5.72. The first-order chi connectivity index (χ1) is 22.4. The molecule has 0 radical (unpaired) electrons. The molecule has 0 aliphatic carbocycles. The Kier molecular flexibility index (Phi) is 8.91. The minimum Gasteiger partial charge on any atom is -0.462 e. The van der Waals surface area contributed by atoms with Crippen LogP contribution in [0.1, 0.15) is 79.3 Å². The molecule has 0 fully saturated rings. The maximum atomic E-state index is 14.2. The molecular formula is C35H36N6O5. The largest absolute Gasteiger partial charge is 0.462 e. The van der Waals surface area contributed by atoms with E-state index >= 15 is 0 Å². The molecule has 1 aliphatic rings. The van der Waals surface area contributed by atoms with E-state index in [1.807, 2.05) is 53.2 Å². The average Bonchev–Trinajstić information content (AvgIpc) is 3.70. The Balaban J connectivity index is 1.30. The number of esters is 2. The van der Waals surface area contributed by atoms with Gasteiger partial charge in [-0.2, -0.15) is 5.21 Å². The summed E-state index contributed by atoms with van der Waals surface area (Å²) in [6, 6.07) is 21.6. The second kappa shape index (κ2) is 13.4. The first-order valence-corrected chi connectivity index (χ1v) is 15.6. The van der Waals surface area contributed by atoms with Crippen molar-refractivity contribution in [3.63, 3.8) is 0 Å². The lowest BCUT2D eigenvalue weighted by atomic mass is 9.96. The minimum absolute atomic E-state index is 0.0446. The molecule has 5 aromatic rings. The first kappa shape index (κ1) is 30.7. The second-order valence-corrected chi connectivity index (χ2v) is 11.4. The van der Waals surface area contributed by atoms with E-state index in [2.05, 4.69) is 34.5 Å². The number of nitrogens with zero attached hydrogens (tertiary/aromatic N) is 5. The van der Waals surface area contributed by atoms with Crippen LogP contribution in [0.15, 0.2) is 77.6 Å². The van der Waals surface area contributed by atoms with Gasteiger partial charge >= 0.3 is 11.9 Å². The van der Waals surface area contributed by atoms with Gasteiger partial charge in [0.25, 0.3) is 5.56 Å². The molecule has 0 bridgehead atoms. The van der Waals surface area contributed by atoms with E-state index in [0.717, 1.165) is 40.8 Å². The molecule has 236 valence electrons. The molecule has 0 saturated carbocycles. The van der Waals surface area contributed by atoms with Crippen LogP contribution in [-0.2, 0) is 22.4 Å². The van der Waals surface area contributed by atoms with Crippen molar-refractivity contribution >= 4 is 11.9 Å². The van der Waals surface area contributed by atoms with Crippen LogP contribution in [-0.4, -0.2) is 48.5 Å². The highest BCUT2D eigenvalue weighted by Crippen LogP contribution is 2.33.